The summed E-state index contributed by atoms with van der Waals surface area (Å²) in [5.74, 6) is -0.333. The second-order valence-electron chi connectivity index (χ2n) is 5.49. The van der Waals surface area contributed by atoms with Gasteiger partial charge >= 0.3 is 11.6 Å². The quantitative estimate of drug-likeness (QED) is 0.554. The summed E-state index contributed by atoms with van der Waals surface area (Å²) in [6.45, 7) is 5.15. The van der Waals surface area contributed by atoms with Gasteiger partial charge in [0.05, 0.1) is 18.6 Å². The Kier molecular flexibility index (Phi) is 6.23. The van der Waals surface area contributed by atoms with Crippen LogP contribution in [-0.2, 0) is 0 Å². The zero-order valence-electron chi connectivity index (χ0n) is 14.0. The number of hydrogen-bond acceptors (Lipinski definition) is 5. The van der Waals surface area contributed by atoms with Gasteiger partial charge in [0, 0.05) is 12.1 Å². The Morgan fingerprint density at radius 2 is 1.75 bits per heavy atom. The van der Waals surface area contributed by atoms with Crippen molar-refractivity contribution >= 4 is 16.9 Å². The molecule has 0 fully saturated rings. The number of ether oxygens (including phenoxy) is 2. The van der Waals surface area contributed by atoms with E-state index in [-0.39, 0.29) is 5.58 Å². The number of rotatable bonds is 9. The molecule has 0 bridgehead atoms. The molecule has 0 saturated carbocycles. The van der Waals surface area contributed by atoms with Gasteiger partial charge in [0.25, 0.3) is 0 Å². The maximum Gasteiger partial charge on any atom is 0.351 e. The maximum atomic E-state index is 11.8. The summed E-state index contributed by atoms with van der Waals surface area (Å²) < 4.78 is 16.6. The van der Waals surface area contributed by atoms with E-state index in [0.717, 1.165) is 25.7 Å². The molecule has 0 saturated heterocycles. The highest BCUT2D eigenvalue weighted by molar-refractivity contribution is 5.94. The second-order valence-corrected chi connectivity index (χ2v) is 5.49. The molecular formula is C18H22O6. The molecule has 0 spiro atoms. The van der Waals surface area contributed by atoms with E-state index in [0.29, 0.717) is 30.1 Å². The molecule has 0 aliphatic heterocycles. The van der Waals surface area contributed by atoms with Crippen molar-refractivity contribution in [1.82, 2.24) is 0 Å². The summed E-state index contributed by atoms with van der Waals surface area (Å²) in [4.78, 5) is 22.9. The minimum absolute atomic E-state index is 0.255. The topological polar surface area (TPSA) is 86.0 Å². The molecule has 6 nitrogen and oxygen atoms in total. The van der Waals surface area contributed by atoms with Gasteiger partial charge in [-0.3, -0.25) is 0 Å². The van der Waals surface area contributed by atoms with Crippen molar-refractivity contribution in [3.63, 3.8) is 0 Å². The highest BCUT2D eigenvalue weighted by Crippen LogP contribution is 2.31. The van der Waals surface area contributed by atoms with Crippen molar-refractivity contribution in [2.45, 2.75) is 39.5 Å². The predicted molar refractivity (Wildman–Crippen MR) is 90.2 cm³/mol. The van der Waals surface area contributed by atoms with Gasteiger partial charge in [-0.25, -0.2) is 9.59 Å². The lowest BCUT2D eigenvalue weighted by Crippen LogP contribution is -2.13. The summed E-state index contributed by atoms with van der Waals surface area (Å²) in [6, 6.07) is 4.59. The van der Waals surface area contributed by atoms with E-state index in [1.165, 1.54) is 6.07 Å². The van der Waals surface area contributed by atoms with Crippen molar-refractivity contribution in [2.75, 3.05) is 13.2 Å². The van der Waals surface area contributed by atoms with Gasteiger partial charge in [-0.15, -0.1) is 0 Å². The number of carboxylic acids is 1. The van der Waals surface area contributed by atoms with Gasteiger partial charge in [0.15, 0.2) is 0 Å². The zero-order valence-corrected chi connectivity index (χ0v) is 14.0. The van der Waals surface area contributed by atoms with Crippen LogP contribution in [-0.4, -0.2) is 24.3 Å². The van der Waals surface area contributed by atoms with Crippen LogP contribution in [0.5, 0.6) is 11.5 Å². The highest BCUT2D eigenvalue weighted by Gasteiger charge is 2.16. The van der Waals surface area contributed by atoms with Gasteiger partial charge in [-0.1, -0.05) is 26.7 Å². The smallest absolute Gasteiger partial charge is 0.351 e. The lowest BCUT2D eigenvalue weighted by molar-refractivity contribution is 0.0692. The third kappa shape index (κ3) is 4.28. The Morgan fingerprint density at radius 1 is 1.08 bits per heavy atom. The molecule has 2 aromatic rings. The molecule has 0 radical (unpaired) electrons. The first-order chi connectivity index (χ1) is 11.6. The molecule has 1 N–H and O–H groups in total. The van der Waals surface area contributed by atoms with E-state index >= 15 is 0 Å². The lowest BCUT2D eigenvalue weighted by atomic mass is 10.1. The molecule has 0 amide bonds. The minimum Gasteiger partial charge on any atom is -0.493 e. The summed E-state index contributed by atoms with van der Waals surface area (Å²) in [6.07, 6.45) is 3.75. The largest absolute Gasteiger partial charge is 0.493 e. The molecule has 1 aromatic heterocycles. The number of carboxylic acid groups (broad SMARTS) is 1. The van der Waals surface area contributed by atoms with Crippen LogP contribution in [0.1, 0.15) is 49.9 Å². The Hall–Kier alpha value is -2.50. The van der Waals surface area contributed by atoms with Gasteiger partial charge < -0.3 is 19.0 Å². The standard InChI is InChI=1S/C18H22O6/c1-3-5-7-22-12-9-15(23-8-6-4-2)13-11-14(17(19)20)18(21)24-16(13)10-12/h9-11H,3-8H2,1-2H3,(H,19,20). The monoisotopic (exact) mass is 334 g/mol. The van der Waals surface area contributed by atoms with Gasteiger partial charge in [0.1, 0.15) is 22.6 Å². The van der Waals surface area contributed by atoms with Crippen LogP contribution < -0.4 is 15.1 Å². The van der Waals surface area contributed by atoms with Crippen LogP contribution in [0.4, 0.5) is 0 Å². The normalized spacial score (nSPS) is 10.8. The first-order valence-corrected chi connectivity index (χ1v) is 8.17. The molecule has 24 heavy (non-hydrogen) atoms. The van der Waals surface area contributed by atoms with Gasteiger partial charge in [0.2, 0.25) is 0 Å². The Morgan fingerprint density at radius 3 is 2.38 bits per heavy atom. The fourth-order valence-corrected chi connectivity index (χ4v) is 2.17. The summed E-state index contributed by atoms with van der Waals surface area (Å²) >= 11 is 0. The van der Waals surface area contributed by atoms with Crippen molar-refractivity contribution in [3.05, 3.63) is 34.2 Å². The number of aromatic carboxylic acids is 1. The molecule has 130 valence electrons. The predicted octanol–water partition coefficient (Wildman–Crippen LogP) is 3.85. The first kappa shape index (κ1) is 17.8. The van der Waals surface area contributed by atoms with Crippen LogP contribution in [0.25, 0.3) is 11.0 Å². The molecule has 0 aliphatic carbocycles. The fourth-order valence-electron chi connectivity index (χ4n) is 2.17. The van der Waals surface area contributed by atoms with Crippen molar-refractivity contribution in [3.8, 4) is 11.5 Å². The third-order valence-electron chi connectivity index (χ3n) is 3.54. The number of hydrogen-bond donors (Lipinski definition) is 1. The van der Waals surface area contributed by atoms with E-state index < -0.39 is 17.2 Å². The van der Waals surface area contributed by atoms with Crippen molar-refractivity contribution < 1.29 is 23.8 Å². The average molecular weight is 334 g/mol. The molecule has 6 heteroatoms. The van der Waals surface area contributed by atoms with Gasteiger partial charge in [-0.2, -0.15) is 0 Å². The average Bonchev–Trinajstić information content (AvgIpc) is 2.54. The lowest BCUT2D eigenvalue weighted by Gasteiger charge is -2.12. The molecule has 1 aromatic carbocycles. The number of benzene rings is 1. The molecule has 0 unspecified atom stereocenters. The Balaban J connectivity index is 2.46. The van der Waals surface area contributed by atoms with Crippen LogP contribution >= 0.6 is 0 Å². The van der Waals surface area contributed by atoms with Crippen molar-refractivity contribution in [1.29, 1.82) is 0 Å². The SMILES string of the molecule is CCCCOc1cc(OCCCC)c2cc(C(=O)O)c(=O)oc2c1. The van der Waals surface area contributed by atoms with Crippen LogP contribution in [0, 0.1) is 0 Å². The van der Waals surface area contributed by atoms with Crippen molar-refractivity contribution in [2.24, 2.45) is 0 Å². The molecule has 2 rings (SSSR count). The van der Waals surface area contributed by atoms with E-state index in [2.05, 4.69) is 6.92 Å². The van der Waals surface area contributed by atoms with Crippen LogP contribution in [0.2, 0.25) is 0 Å². The number of fused-ring (bicyclic) bond motifs is 1. The van der Waals surface area contributed by atoms with Crippen LogP contribution in [0.15, 0.2) is 27.4 Å². The van der Waals surface area contributed by atoms with Gasteiger partial charge in [-0.05, 0) is 18.9 Å². The number of carbonyl (C=O) groups is 1. The number of unbranched alkanes of at least 4 members (excludes halogenated alkanes) is 2. The Bertz CT molecular complexity index is 762. The maximum absolute atomic E-state index is 11.8. The Labute approximate surface area is 140 Å². The van der Waals surface area contributed by atoms with E-state index in [4.69, 9.17) is 19.0 Å². The summed E-state index contributed by atoms with van der Waals surface area (Å²) in [7, 11) is 0. The van der Waals surface area contributed by atoms with E-state index in [9.17, 15) is 9.59 Å². The first-order valence-electron chi connectivity index (χ1n) is 8.17. The molecule has 0 atom stereocenters. The summed E-state index contributed by atoms with van der Waals surface area (Å²) in [5, 5.41) is 9.55. The van der Waals surface area contributed by atoms with E-state index in [1.54, 1.807) is 12.1 Å². The zero-order chi connectivity index (χ0) is 17.5. The molecule has 1 heterocycles. The van der Waals surface area contributed by atoms with Crippen LogP contribution in [0.3, 0.4) is 0 Å². The van der Waals surface area contributed by atoms with E-state index in [1.807, 2.05) is 6.92 Å². The summed E-state index contributed by atoms with van der Waals surface area (Å²) in [5.41, 5.74) is -1.05. The minimum atomic E-state index is -1.33. The second kappa shape index (κ2) is 8.38. The molecule has 0 aliphatic rings. The molecular weight excluding hydrogens is 312 g/mol. The highest BCUT2D eigenvalue weighted by atomic mass is 16.5. The third-order valence-corrected chi connectivity index (χ3v) is 3.54. The fraction of sp³-hybridized carbons (Fsp3) is 0.444.